The average molecular weight is 211 g/mol. The predicted molar refractivity (Wildman–Crippen MR) is 62.3 cm³/mol. The second kappa shape index (κ2) is 3.81. The summed E-state index contributed by atoms with van der Waals surface area (Å²) in [5.41, 5.74) is 2.92. The molecule has 1 aliphatic heterocycles. The highest BCUT2D eigenvalue weighted by molar-refractivity contribution is 6.04. The molecule has 0 bridgehead atoms. The number of hydrogen-bond donors (Lipinski definition) is 2. The Bertz CT molecular complexity index is 513. The van der Waals surface area contributed by atoms with Gasteiger partial charge in [0.15, 0.2) is 0 Å². The normalized spacial score (nSPS) is 14.6. The molecule has 0 fully saturated rings. The van der Waals surface area contributed by atoms with E-state index in [1.165, 1.54) is 0 Å². The molecule has 0 unspecified atom stereocenters. The zero-order chi connectivity index (χ0) is 10.8. The third-order valence-electron chi connectivity index (χ3n) is 2.53. The summed E-state index contributed by atoms with van der Waals surface area (Å²) in [4.78, 5) is 11.7. The number of nitrogens with zero attached hydrogens (tertiary/aromatic N) is 2. The van der Waals surface area contributed by atoms with Crippen molar-refractivity contribution in [3.63, 3.8) is 0 Å². The van der Waals surface area contributed by atoms with E-state index in [2.05, 4.69) is 26.5 Å². The van der Waals surface area contributed by atoms with E-state index in [1.807, 2.05) is 24.4 Å². The van der Waals surface area contributed by atoms with Crippen molar-refractivity contribution in [2.75, 3.05) is 13.1 Å². The van der Waals surface area contributed by atoms with Crippen molar-refractivity contribution in [3.05, 3.63) is 42.4 Å². The molecule has 16 heavy (non-hydrogen) atoms. The predicted octanol–water partition coefficient (Wildman–Crippen LogP) is 1.23. The monoisotopic (exact) mass is 211 g/mol. The van der Waals surface area contributed by atoms with Crippen LogP contribution in [0.15, 0.2) is 35.6 Å². The molecule has 0 saturated heterocycles. The molecule has 0 spiro atoms. The summed E-state index contributed by atoms with van der Waals surface area (Å²) >= 11 is 0. The van der Waals surface area contributed by atoms with Gasteiger partial charge in [-0.15, -0.1) is 0 Å². The number of H-pyrrole nitrogens is 1. The first-order chi connectivity index (χ1) is 7.95. The van der Waals surface area contributed by atoms with Crippen LogP contribution < -0.4 is 5.32 Å². The van der Waals surface area contributed by atoms with Gasteiger partial charge in [-0.2, -0.15) is 0 Å². The van der Waals surface area contributed by atoms with Gasteiger partial charge in [-0.3, -0.25) is 9.98 Å². The lowest BCUT2D eigenvalue weighted by Gasteiger charge is -2.03. The quantitative estimate of drug-likeness (QED) is 0.785. The van der Waals surface area contributed by atoms with Crippen LogP contribution in [0.2, 0.25) is 0 Å². The molecule has 0 saturated carbocycles. The molecule has 79 valence electrons. The molecule has 1 aliphatic rings. The van der Waals surface area contributed by atoms with Crippen LogP contribution in [0.25, 0.3) is 11.3 Å². The minimum Gasteiger partial charge on any atom is -0.368 e. The Morgan fingerprint density at radius 2 is 2.31 bits per heavy atom. The Hall–Kier alpha value is -2.10. The second-order valence-electron chi connectivity index (χ2n) is 3.57. The number of rotatable bonds is 2. The highest BCUT2D eigenvalue weighted by Crippen LogP contribution is 2.21. The number of aromatic amines is 1. The first-order valence-electron chi connectivity index (χ1n) is 5.24. The van der Waals surface area contributed by atoms with Crippen LogP contribution >= 0.6 is 0 Å². The van der Waals surface area contributed by atoms with Crippen molar-refractivity contribution in [3.8, 4) is 11.3 Å². The van der Waals surface area contributed by atoms with Gasteiger partial charge in [0.2, 0.25) is 0 Å². The van der Waals surface area contributed by atoms with Crippen LogP contribution in [-0.4, -0.2) is 28.9 Å². The molecule has 3 heterocycles. The lowest BCUT2D eigenvalue weighted by Crippen LogP contribution is -2.19. The van der Waals surface area contributed by atoms with Crippen LogP contribution in [0.5, 0.6) is 0 Å². The van der Waals surface area contributed by atoms with E-state index in [4.69, 9.17) is 0 Å². The van der Waals surface area contributed by atoms with Crippen LogP contribution in [-0.2, 0) is 0 Å². The van der Waals surface area contributed by atoms with Crippen molar-refractivity contribution in [2.45, 2.75) is 0 Å². The topological polar surface area (TPSA) is 53.1 Å². The number of pyridine rings is 1. The number of aromatic nitrogens is 2. The number of nitrogens with one attached hydrogen (secondary N) is 2. The van der Waals surface area contributed by atoms with E-state index in [0.717, 1.165) is 35.7 Å². The molecular formula is C12H11N4. The summed E-state index contributed by atoms with van der Waals surface area (Å²) in [6, 6.07) is 5.84. The fraction of sp³-hybridized carbons (Fsp3) is 0.167. The third-order valence-corrected chi connectivity index (χ3v) is 2.53. The molecule has 0 amide bonds. The number of aliphatic imine (C=N–C) groups is 1. The number of hydrogen-bond acceptors (Lipinski definition) is 3. The van der Waals surface area contributed by atoms with Crippen LogP contribution in [0, 0.1) is 6.20 Å². The molecule has 0 aromatic carbocycles. The summed E-state index contributed by atoms with van der Waals surface area (Å²) < 4.78 is 0. The van der Waals surface area contributed by atoms with E-state index in [9.17, 15) is 0 Å². The van der Waals surface area contributed by atoms with Crippen molar-refractivity contribution >= 4 is 5.84 Å². The first kappa shape index (κ1) is 9.15. The smallest absolute Gasteiger partial charge is 0.130 e. The van der Waals surface area contributed by atoms with Crippen LogP contribution in [0.1, 0.15) is 5.56 Å². The van der Waals surface area contributed by atoms with Gasteiger partial charge in [-0.05, 0) is 12.1 Å². The molecular weight excluding hydrogens is 200 g/mol. The molecule has 1 radical (unpaired) electrons. The van der Waals surface area contributed by atoms with E-state index >= 15 is 0 Å². The van der Waals surface area contributed by atoms with E-state index in [0.29, 0.717) is 0 Å². The van der Waals surface area contributed by atoms with Crippen molar-refractivity contribution in [2.24, 2.45) is 4.99 Å². The molecule has 3 rings (SSSR count). The van der Waals surface area contributed by atoms with Gasteiger partial charge in [0, 0.05) is 30.1 Å². The highest BCUT2D eigenvalue weighted by atomic mass is 15.1. The van der Waals surface area contributed by atoms with Crippen LogP contribution in [0.3, 0.4) is 0 Å². The van der Waals surface area contributed by atoms with E-state index in [1.54, 1.807) is 6.20 Å². The van der Waals surface area contributed by atoms with Gasteiger partial charge in [0.1, 0.15) is 5.84 Å². The summed E-state index contributed by atoms with van der Waals surface area (Å²) in [5.74, 6) is 0.929. The van der Waals surface area contributed by atoms with Gasteiger partial charge >= 0.3 is 0 Å². The summed E-state index contributed by atoms with van der Waals surface area (Å²) in [7, 11) is 0. The lowest BCUT2D eigenvalue weighted by atomic mass is 10.1. The van der Waals surface area contributed by atoms with E-state index in [-0.39, 0.29) is 0 Å². The largest absolute Gasteiger partial charge is 0.368 e. The minimum atomic E-state index is 0.835. The van der Waals surface area contributed by atoms with Crippen LogP contribution in [0.4, 0.5) is 0 Å². The van der Waals surface area contributed by atoms with Gasteiger partial charge in [0.05, 0.1) is 18.4 Å². The fourth-order valence-corrected chi connectivity index (χ4v) is 1.80. The van der Waals surface area contributed by atoms with Gasteiger partial charge in [-0.1, -0.05) is 6.07 Å². The third kappa shape index (κ3) is 1.48. The fourth-order valence-electron chi connectivity index (χ4n) is 1.80. The standard InChI is InChI=1S/C12H11N4/c1-2-4-14-11(3-1)9-7-13-8-10(9)12-15-5-6-16-12/h1-4,8,13H,5-6H2,(H,15,16). The average Bonchev–Trinajstić information content (AvgIpc) is 3.01. The molecule has 4 nitrogen and oxygen atoms in total. The second-order valence-corrected chi connectivity index (χ2v) is 3.57. The molecule has 0 aliphatic carbocycles. The maximum absolute atomic E-state index is 4.40. The van der Waals surface area contributed by atoms with Gasteiger partial charge in [-0.25, -0.2) is 0 Å². The molecule has 0 atom stereocenters. The molecule has 2 aromatic rings. The Morgan fingerprint density at radius 1 is 1.31 bits per heavy atom. The van der Waals surface area contributed by atoms with Crippen molar-refractivity contribution < 1.29 is 0 Å². The lowest BCUT2D eigenvalue weighted by molar-refractivity contribution is 0.960. The zero-order valence-electron chi connectivity index (χ0n) is 8.70. The summed E-state index contributed by atoms with van der Waals surface area (Å²) in [6.07, 6.45) is 6.78. The maximum Gasteiger partial charge on any atom is 0.130 e. The molecule has 2 N–H and O–H groups in total. The molecule has 4 heteroatoms. The zero-order valence-corrected chi connectivity index (χ0v) is 8.70. The Kier molecular flexibility index (Phi) is 2.18. The van der Waals surface area contributed by atoms with E-state index < -0.39 is 0 Å². The Labute approximate surface area is 93.5 Å². The first-order valence-corrected chi connectivity index (χ1v) is 5.24. The maximum atomic E-state index is 4.40. The minimum absolute atomic E-state index is 0.835. The SMILES string of the molecule is [c]1[nH]cc(C2=NCCN2)c1-c1ccccn1. The van der Waals surface area contributed by atoms with Gasteiger partial charge < -0.3 is 10.3 Å². The van der Waals surface area contributed by atoms with Gasteiger partial charge in [0.25, 0.3) is 0 Å². The highest BCUT2D eigenvalue weighted by Gasteiger charge is 2.15. The number of amidine groups is 1. The van der Waals surface area contributed by atoms with Crippen molar-refractivity contribution in [1.29, 1.82) is 0 Å². The Balaban J connectivity index is 2.06. The summed E-state index contributed by atoms with van der Waals surface area (Å²) in [5, 5.41) is 3.25. The molecule has 2 aromatic heterocycles. The van der Waals surface area contributed by atoms with Crippen molar-refractivity contribution in [1.82, 2.24) is 15.3 Å². The summed E-state index contributed by atoms with van der Waals surface area (Å²) in [6.45, 7) is 1.74. The Morgan fingerprint density at radius 3 is 3.06 bits per heavy atom.